The number of rotatable bonds is 11. The molecule has 3 heterocycles. The maximum absolute atomic E-state index is 12.4. The first-order valence-corrected chi connectivity index (χ1v) is 10.6. The first kappa shape index (κ1) is 21.5. The van der Waals surface area contributed by atoms with Crippen LogP contribution in [-0.2, 0) is 6.54 Å². The van der Waals surface area contributed by atoms with Crippen LogP contribution in [0, 0.1) is 0 Å². The van der Waals surface area contributed by atoms with Crippen LogP contribution in [0.15, 0.2) is 4.79 Å². The predicted molar refractivity (Wildman–Crippen MR) is 112 cm³/mol. The summed E-state index contributed by atoms with van der Waals surface area (Å²) in [6.45, 7) is 9.22. The van der Waals surface area contributed by atoms with Crippen molar-refractivity contribution in [1.29, 1.82) is 0 Å². The van der Waals surface area contributed by atoms with Crippen molar-refractivity contribution >= 4 is 17.0 Å². The van der Waals surface area contributed by atoms with Gasteiger partial charge in [0.25, 0.3) is 0 Å². The summed E-state index contributed by atoms with van der Waals surface area (Å²) in [5.74, 6) is 0.234. The molecule has 29 heavy (non-hydrogen) atoms. The average Bonchev–Trinajstić information content (AvgIpc) is 3.03. The van der Waals surface area contributed by atoms with E-state index in [4.69, 9.17) is 15.6 Å². The third-order valence-corrected chi connectivity index (χ3v) is 5.35. The normalized spacial score (nSPS) is 15.9. The summed E-state index contributed by atoms with van der Waals surface area (Å²) < 4.78 is 7.20. The van der Waals surface area contributed by atoms with Gasteiger partial charge >= 0.3 is 11.7 Å². The molecule has 0 atom stereocenters. The number of ether oxygens (including phenoxy) is 1. The zero-order chi connectivity index (χ0) is 20.6. The molecule has 10 heteroatoms. The fourth-order valence-electron chi connectivity index (χ4n) is 3.59. The number of imidazole rings is 1. The molecule has 1 saturated heterocycles. The number of hydrogen-bond donors (Lipinski definition) is 3. The lowest BCUT2D eigenvalue weighted by Crippen LogP contribution is -2.47. The third-order valence-electron chi connectivity index (χ3n) is 5.35. The van der Waals surface area contributed by atoms with Crippen molar-refractivity contribution in [3.05, 3.63) is 10.5 Å². The van der Waals surface area contributed by atoms with Gasteiger partial charge in [-0.3, -0.25) is 9.47 Å². The highest BCUT2D eigenvalue weighted by Crippen LogP contribution is 2.18. The summed E-state index contributed by atoms with van der Waals surface area (Å²) in [6.07, 6.45) is 3.80. The molecule has 0 saturated carbocycles. The van der Waals surface area contributed by atoms with E-state index in [1.54, 1.807) is 4.57 Å². The Hall–Kier alpha value is -2.17. The number of aryl methyl sites for hydroxylation is 1. The first-order chi connectivity index (χ1) is 14.1. The first-order valence-electron chi connectivity index (χ1n) is 10.6. The molecule has 2 aromatic heterocycles. The van der Waals surface area contributed by atoms with Crippen molar-refractivity contribution in [2.45, 2.75) is 39.2 Å². The maximum Gasteiger partial charge on any atom is 0.327 e. The van der Waals surface area contributed by atoms with Crippen LogP contribution < -0.4 is 16.2 Å². The molecular weight excluding hydrogens is 374 g/mol. The standard InChI is InChI=1S/C19H33N7O3/c1-2-3-14-29-18-22-16(20)15-17(23-18)26(19(28)21-15)7-5-4-6-24-8-10-25(11-9-24)12-13-27/h27H,2-14H2,1H3,(H,21,28)(H2,20,22,23). The van der Waals surface area contributed by atoms with Crippen LogP contribution in [0.4, 0.5) is 5.82 Å². The van der Waals surface area contributed by atoms with Crippen LogP contribution in [0.3, 0.4) is 0 Å². The number of nitrogens with one attached hydrogen (secondary N) is 1. The summed E-state index contributed by atoms with van der Waals surface area (Å²) in [5.41, 5.74) is 6.75. The average molecular weight is 408 g/mol. The summed E-state index contributed by atoms with van der Waals surface area (Å²) in [7, 11) is 0. The highest BCUT2D eigenvalue weighted by molar-refractivity contribution is 5.81. The number of anilines is 1. The molecule has 1 fully saturated rings. The number of fused-ring (bicyclic) bond motifs is 1. The molecule has 0 unspecified atom stereocenters. The molecule has 2 aromatic rings. The lowest BCUT2D eigenvalue weighted by Gasteiger charge is -2.34. The number of aromatic nitrogens is 4. The lowest BCUT2D eigenvalue weighted by atomic mass is 10.2. The minimum absolute atomic E-state index is 0.218. The lowest BCUT2D eigenvalue weighted by molar-refractivity contribution is 0.111. The van der Waals surface area contributed by atoms with Crippen molar-refractivity contribution in [2.24, 2.45) is 0 Å². The highest BCUT2D eigenvalue weighted by Gasteiger charge is 2.17. The van der Waals surface area contributed by atoms with E-state index in [0.29, 0.717) is 24.3 Å². The monoisotopic (exact) mass is 407 g/mol. The molecule has 3 rings (SSSR count). The number of H-pyrrole nitrogens is 1. The molecule has 0 aromatic carbocycles. The summed E-state index contributed by atoms with van der Waals surface area (Å²) in [4.78, 5) is 28.4. The molecule has 0 bridgehead atoms. The number of hydrogen-bond acceptors (Lipinski definition) is 8. The summed E-state index contributed by atoms with van der Waals surface area (Å²) >= 11 is 0. The van der Waals surface area contributed by atoms with Crippen molar-refractivity contribution in [2.75, 3.05) is 58.2 Å². The molecule has 4 N–H and O–H groups in total. The largest absolute Gasteiger partial charge is 0.463 e. The number of piperazine rings is 1. The number of aromatic amines is 1. The molecule has 0 spiro atoms. The number of nitrogens with zero attached hydrogens (tertiary/aromatic N) is 5. The summed E-state index contributed by atoms with van der Waals surface area (Å²) in [6, 6.07) is 0.219. The van der Waals surface area contributed by atoms with E-state index in [9.17, 15) is 4.79 Å². The van der Waals surface area contributed by atoms with Crippen molar-refractivity contribution in [1.82, 2.24) is 29.3 Å². The van der Waals surface area contributed by atoms with Gasteiger partial charge in [0.05, 0.1) is 13.2 Å². The van der Waals surface area contributed by atoms with Crippen molar-refractivity contribution in [3.8, 4) is 6.01 Å². The molecule has 0 amide bonds. The molecular formula is C19H33N7O3. The Bertz CT molecular complexity index is 827. The topological polar surface area (TPSA) is 126 Å². The second-order valence-corrected chi connectivity index (χ2v) is 7.49. The highest BCUT2D eigenvalue weighted by atomic mass is 16.5. The van der Waals surface area contributed by atoms with Gasteiger partial charge in [-0.15, -0.1) is 0 Å². The fourth-order valence-corrected chi connectivity index (χ4v) is 3.59. The van der Waals surface area contributed by atoms with E-state index >= 15 is 0 Å². The van der Waals surface area contributed by atoms with Gasteiger partial charge in [0, 0.05) is 39.3 Å². The van der Waals surface area contributed by atoms with Crippen LogP contribution in [-0.4, -0.2) is 86.9 Å². The van der Waals surface area contributed by atoms with Crippen LogP contribution in [0.1, 0.15) is 32.6 Å². The van der Waals surface area contributed by atoms with Gasteiger partial charge in [-0.2, -0.15) is 9.97 Å². The van der Waals surface area contributed by atoms with E-state index in [0.717, 1.165) is 65.0 Å². The van der Waals surface area contributed by atoms with E-state index in [2.05, 4.69) is 31.7 Å². The van der Waals surface area contributed by atoms with E-state index < -0.39 is 0 Å². The third kappa shape index (κ3) is 5.68. The molecule has 0 radical (unpaired) electrons. The minimum Gasteiger partial charge on any atom is -0.463 e. The molecule has 162 valence electrons. The van der Waals surface area contributed by atoms with E-state index in [1.165, 1.54) is 0 Å². The van der Waals surface area contributed by atoms with Crippen LogP contribution in [0.5, 0.6) is 6.01 Å². The number of nitrogens with two attached hydrogens (primary N) is 1. The second-order valence-electron chi connectivity index (χ2n) is 7.49. The predicted octanol–water partition coefficient (Wildman–Crippen LogP) is 0.271. The van der Waals surface area contributed by atoms with Crippen LogP contribution in [0.2, 0.25) is 0 Å². The molecule has 0 aliphatic carbocycles. The Morgan fingerprint density at radius 3 is 2.45 bits per heavy atom. The zero-order valence-electron chi connectivity index (χ0n) is 17.3. The Kier molecular flexibility index (Phi) is 7.84. The van der Waals surface area contributed by atoms with Gasteiger partial charge in [0.2, 0.25) is 0 Å². The van der Waals surface area contributed by atoms with Gasteiger partial charge < -0.3 is 25.5 Å². The van der Waals surface area contributed by atoms with E-state index in [1.807, 2.05) is 0 Å². The van der Waals surface area contributed by atoms with Crippen LogP contribution in [0.25, 0.3) is 11.2 Å². The van der Waals surface area contributed by atoms with Gasteiger partial charge in [0.1, 0.15) is 5.52 Å². The van der Waals surface area contributed by atoms with Gasteiger partial charge in [-0.1, -0.05) is 13.3 Å². The number of nitrogen functional groups attached to an aromatic ring is 1. The number of unbranched alkanes of at least 4 members (excludes halogenated alkanes) is 2. The Balaban J connectivity index is 1.54. The SMILES string of the molecule is CCCCOc1nc(N)c2[nH]c(=O)n(CCCCN3CCN(CCO)CC3)c2n1. The number of aliphatic hydroxyl groups excluding tert-OH is 1. The number of β-amino-alcohol motifs (C(OH)–C–C–N with tert-alkyl or cyclic N) is 1. The smallest absolute Gasteiger partial charge is 0.327 e. The Morgan fingerprint density at radius 1 is 1.07 bits per heavy atom. The number of aliphatic hydroxyl groups is 1. The van der Waals surface area contributed by atoms with Gasteiger partial charge in [0.15, 0.2) is 11.5 Å². The minimum atomic E-state index is -0.218. The van der Waals surface area contributed by atoms with Crippen molar-refractivity contribution < 1.29 is 9.84 Å². The summed E-state index contributed by atoms with van der Waals surface area (Å²) in [5, 5.41) is 9.02. The molecule has 1 aliphatic rings. The fraction of sp³-hybridized carbons (Fsp3) is 0.737. The van der Waals surface area contributed by atoms with Gasteiger partial charge in [-0.05, 0) is 25.8 Å². The molecule has 1 aliphatic heterocycles. The molecule has 10 nitrogen and oxygen atoms in total. The maximum atomic E-state index is 12.4. The van der Waals surface area contributed by atoms with Crippen molar-refractivity contribution in [3.63, 3.8) is 0 Å². The quantitative estimate of drug-likeness (QED) is 0.453. The Labute approximate surface area is 170 Å². The Morgan fingerprint density at radius 2 is 1.76 bits per heavy atom. The van der Waals surface area contributed by atoms with E-state index in [-0.39, 0.29) is 24.1 Å². The zero-order valence-corrected chi connectivity index (χ0v) is 17.3. The van der Waals surface area contributed by atoms with Crippen LogP contribution >= 0.6 is 0 Å². The second kappa shape index (κ2) is 10.6. The van der Waals surface area contributed by atoms with Gasteiger partial charge in [-0.25, -0.2) is 4.79 Å².